The van der Waals surface area contributed by atoms with Gasteiger partial charge in [0.05, 0.1) is 5.82 Å². The summed E-state index contributed by atoms with van der Waals surface area (Å²) in [6.45, 7) is 6.02. The molecule has 0 aliphatic carbocycles. The van der Waals surface area contributed by atoms with Crippen LogP contribution in [0.4, 0.5) is 4.39 Å². The molecule has 0 radical (unpaired) electrons. The van der Waals surface area contributed by atoms with Gasteiger partial charge in [0.1, 0.15) is 5.82 Å². The summed E-state index contributed by atoms with van der Waals surface area (Å²) in [6.07, 6.45) is 0. The predicted molar refractivity (Wildman–Crippen MR) is 79.8 cm³/mol. The Morgan fingerprint density at radius 2 is 1.68 bits per heavy atom. The van der Waals surface area contributed by atoms with Gasteiger partial charge in [-0.3, -0.25) is 4.39 Å². The van der Waals surface area contributed by atoms with Crippen molar-refractivity contribution in [1.82, 2.24) is 14.8 Å². The van der Waals surface area contributed by atoms with E-state index in [9.17, 15) is 4.39 Å². The first kappa shape index (κ1) is 16.6. The summed E-state index contributed by atoms with van der Waals surface area (Å²) in [5.74, 6) is 1.15. The van der Waals surface area contributed by atoms with Crippen molar-refractivity contribution < 1.29 is 25.5 Å². The zero-order chi connectivity index (χ0) is 15.0. The Kier molecular flexibility index (Phi) is 4.92. The molecule has 22 heavy (non-hydrogen) atoms. The number of hydrogen-bond acceptors (Lipinski definition) is 2. The standard InChI is InChI=1S/C17H15FN3.Pt/c1-11-5-4-6-12(2)16(11)21-13(3)19-20-17(21)14-7-9-15(18)10-8-14;/h4-7,9-10H,1-3H3;/q-1;. The Morgan fingerprint density at radius 3 is 2.27 bits per heavy atom. The van der Waals surface area contributed by atoms with Gasteiger partial charge in [0.25, 0.3) is 0 Å². The fourth-order valence-electron chi connectivity index (χ4n) is 2.51. The molecule has 0 spiro atoms. The van der Waals surface area contributed by atoms with Crippen molar-refractivity contribution >= 4 is 0 Å². The van der Waals surface area contributed by atoms with E-state index in [-0.39, 0.29) is 26.9 Å². The van der Waals surface area contributed by atoms with Crippen LogP contribution in [0.1, 0.15) is 17.0 Å². The fraction of sp³-hybridized carbons (Fsp3) is 0.176. The van der Waals surface area contributed by atoms with Gasteiger partial charge >= 0.3 is 0 Å². The number of aryl methyl sites for hydroxylation is 3. The molecule has 0 amide bonds. The molecule has 116 valence electrons. The van der Waals surface area contributed by atoms with Crippen LogP contribution >= 0.6 is 0 Å². The minimum atomic E-state index is -0.311. The van der Waals surface area contributed by atoms with Crippen molar-refractivity contribution in [1.29, 1.82) is 0 Å². The maximum absolute atomic E-state index is 13.1. The summed E-state index contributed by atoms with van der Waals surface area (Å²) in [4.78, 5) is 0. The molecule has 3 aromatic rings. The molecule has 0 saturated carbocycles. The SMILES string of the molecule is Cc1cccc(C)c1-n1c(C)nnc1-c1[c-]cc(F)cc1.[Pt]. The normalized spacial score (nSPS) is 10.4. The van der Waals surface area contributed by atoms with Gasteiger partial charge in [-0.2, -0.15) is 5.10 Å². The number of nitrogens with zero attached hydrogens (tertiary/aromatic N) is 3. The third-order valence-electron chi connectivity index (χ3n) is 3.50. The zero-order valence-corrected chi connectivity index (χ0v) is 14.8. The maximum atomic E-state index is 13.1. The van der Waals surface area contributed by atoms with Gasteiger partial charge < -0.3 is 4.57 Å². The summed E-state index contributed by atoms with van der Waals surface area (Å²) < 4.78 is 15.1. The second-order valence-electron chi connectivity index (χ2n) is 5.07. The minimum absolute atomic E-state index is 0. The fourth-order valence-corrected chi connectivity index (χ4v) is 2.51. The van der Waals surface area contributed by atoms with Crippen molar-refractivity contribution in [2.45, 2.75) is 20.8 Å². The van der Waals surface area contributed by atoms with Gasteiger partial charge in [0, 0.05) is 32.6 Å². The molecule has 5 heteroatoms. The average Bonchev–Trinajstić information content (AvgIpc) is 2.82. The molecule has 1 aromatic heterocycles. The van der Waals surface area contributed by atoms with Gasteiger partial charge in [0.15, 0.2) is 0 Å². The van der Waals surface area contributed by atoms with Crippen LogP contribution in [0.3, 0.4) is 0 Å². The maximum Gasteiger partial charge on any atom is 0.125 e. The summed E-state index contributed by atoms with van der Waals surface area (Å²) in [7, 11) is 0. The number of hydrogen-bond donors (Lipinski definition) is 0. The van der Waals surface area contributed by atoms with Crippen LogP contribution in [0.25, 0.3) is 17.1 Å². The minimum Gasteiger partial charge on any atom is -0.320 e. The third-order valence-corrected chi connectivity index (χ3v) is 3.50. The molecular formula is C17H15FN3Pt-. The van der Waals surface area contributed by atoms with Crippen LogP contribution in [-0.2, 0) is 21.1 Å². The van der Waals surface area contributed by atoms with E-state index < -0.39 is 0 Å². The number of benzene rings is 2. The second-order valence-corrected chi connectivity index (χ2v) is 5.07. The first-order valence-corrected chi connectivity index (χ1v) is 6.74. The average molecular weight is 475 g/mol. The van der Waals surface area contributed by atoms with E-state index in [4.69, 9.17) is 0 Å². The Hall–Kier alpha value is -1.80. The van der Waals surface area contributed by atoms with E-state index in [1.807, 2.05) is 17.6 Å². The van der Waals surface area contributed by atoms with Crippen LogP contribution in [0.15, 0.2) is 36.4 Å². The first-order chi connectivity index (χ1) is 10.1. The van der Waals surface area contributed by atoms with Gasteiger partial charge in [0.2, 0.25) is 0 Å². The topological polar surface area (TPSA) is 30.7 Å². The van der Waals surface area contributed by atoms with Crippen LogP contribution in [-0.4, -0.2) is 14.8 Å². The zero-order valence-electron chi connectivity index (χ0n) is 12.5. The van der Waals surface area contributed by atoms with E-state index in [1.165, 1.54) is 12.1 Å². The van der Waals surface area contributed by atoms with Gasteiger partial charge in [-0.1, -0.05) is 18.2 Å². The van der Waals surface area contributed by atoms with Gasteiger partial charge in [-0.05, 0) is 31.9 Å². The number of aromatic nitrogens is 3. The quantitative estimate of drug-likeness (QED) is 0.528. The predicted octanol–water partition coefficient (Wildman–Crippen LogP) is 3.80. The Balaban J connectivity index is 0.00000176. The van der Waals surface area contributed by atoms with Crippen molar-refractivity contribution in [3.63, 3.8) is 0 Å². The molecule has 3 nitrogen and oxygen atoms in total. The Labute approximate surface area is 143 Å². The second kappa shape index (κ2) is 6.53. The molecule has 0 fully saturated rings. The molecule has 0 aliphatic rings. The molecular weight excluding hydrogens is 460 g/mol. The number of halogens is 1. The monoisotopic (exact) mass is 475 g/mol. The van der Waals surface area contributed by atoms with Crippen molar-refractivity contribution in [3.05, 3.63) is 65.2 Å². The van der Waals surface area contributed by atoms with Crippen LogP contribution in [0, 0.1) is 32.7 Å². The summed E-state index contributed by atoms with van der Waals surface area (Å²) >= 11 is 0. The van der Waals surface area contributed by atoms with Crippen molar-refractivity contribution in [2.24, 2.45) is 0 Å². The Bertz CT molecular complexity index is 774. The molecule has 0 unspecified atom stereocenters. The van der Waals surface area contributed by atoms with Crippen molar-refractivity contribution in [2.75, 3.05) is 0 Å². The van der Waals surface area contributed by atoms with Gasteiger partial charge in [-0.25, -0.2) is 0 Å². The van der Waals surface area contributed by atoms with Crippen LogP contribution in [0.2, 0.25) is 0 Å². The van der Waals surface area contributed by atoms with Crippen LogP contribution < -0.4 is 0 Å². The third kappa shape index (κ3) is 2.88. The molecule has 2 aromatic carbocycles. The summed E-state index contributed by atoms with van der Waals surface area (Å²) in [6, 6.07) is 13.4. The molecule has 1 heterocycles. The van der Waals surface area contributed by atoms with E-state index in [1.54, 1.807) is 6.07 Å². The Morgan fingerprint density at radius 1 is 1.00 bits per heavy atom. The largest absolute Gasteiger partial charge is 0.320 e. The van der Waals surface area contributed by atoms with E-state index in [2.05, 4.69) is 42.2 Å². The molecule has 0 bridgehead atoms. The molecule has 0 saturated heterocycles. The number of rotatable bonds is 2. The van der Waals surface area contributed by atoms with Gasteiger partial charge in [-0.15, -0.1) is 34.9 Å². The van der Waals surface area contributed by atoms with Crippen LogP contribution in [0.5, 0.6) is 0 Å². The van der Waals surface area contributed by atoms with E-state index in [0.717, 1.165) is 28.2 Å². The van der Waals surface area contributed by atoms with E-state index >= 15 is 0 Å². The molecule has 0 N–H and O–H groups in total. The molecule has 0 aliphatic heterocycles. The molecule has 3 rings (SSSR count). The summed E-state index contributed by atoms with van der Waals surface area (Å²) in [5, 5.41) is 8.41. The van der Waals surface area contributed by atoms with Crippen molar-refractivity contribution in [3.8, 4) is 17.1 Å². The number of para-hydroxylation sites is 1. The summed E-state index contributed by atoms with van der Waals surface area (Å²) in [5.41, 5.74) is 4.06. The molecule has 0 atom stereocenters. The van der Waals surface area contributed by atoms with E-state index in [0.29, 0.717) is 5.82 Å². The smallest absolute Gasteiger partial charge is 0.125 e. The first-order valence-electron chi connectivity index (χ1n) is 6.74.